The number of esters is 1. The molecule has 0 amide bonds. The Kier molecular flexibility index (Phi) is 5.44. The second-order valence-corrected chi connectivity index (χ2v) is 6.11. The van der Waals surface area contributed by atoms with Crippen LogP contribution in [0.4, 0.5) is 0 Å². The van der Waals surface area contributed by atoms with Gasteiger partial charge < -0.3 is 4.74 Å². The minimum atomic E-state index is -0.0962. The van der Waals surface area contributed by atoms with Gasteiger partial charge >= 0.3 is 5.97 Å². The van der Waals surface area contributed by atoms with Crippen LogP contribution < -0.4 is 0 Å². The van der Waals surface area contributed by atoms with Crippen LogP contribution in [0.1, 0.15) is 25.3 Å². The maximum atomic E-state index is 11.5. The first-order chi connectivity index (χ1) is 9.58. The topological polar surface area (TPSA) is 29.5 Å². The van der Waals surface area contributed by atoms with Crippen molar-refractivity contribution in [2.24, 2.45) is 11.8 Å². The van der Waals surface area contributed by atoms with Gasteiger partial charge in [-0.2, -0.15) is 0 Å². The van der Waals surface area contributed by atoms with Crippen LogP contribution in [0.5, 0.6) is 0 Å². The quantitative estimate of drug-likeness (QED) is 0.780. The molecule has 110 valence electrons. The van der Waals surface area contributed by atoms with E-state index in [1.165, 1.54) is 12.7 Å². The summed E-state index contributed by atoms with van der Waals surface area (Å²) in [5.41, 5.74) is 1.29. The van der Waals surface area contributed by atoms with E-state index in [4.69, 9.17) is 16.3 Å². The monoisotopic (exact) mass is 295 g/mol. The van der Waals surface area contributed by atoms with Crippen molar-refractivity contribution in [3.05, 3.63) is 34.9 Å². The molecule has 2 atom stereocenters. The van der Waals surface area contributed by atoms with Gasteiger partial charge in [0.1, 0.15) is 0 Å². The highest BCUT2D eigenvalue weighted by Gasteiger charge is 2.26. The zero-order valence-electron chi connectivity index (χ0n) is 12.1. The minimum absolute atomic E-state index is 0.000446. The van der Waals surface area contributed by atoms with Crippen molar-refractivity contribution >= 4 is 17.6 Å². The van der Waals surface area contributed by atoms with Crippen LogP contribution in [0.15, 0.2) is 24.3 Å². The van der Waals surface area contributed by atoms with E-state index in [-0.39, 0.29) is 11.9 Å². The van der Waals surface area contributed by atoms with Gasteiger partial charge in [0.15, 0.2) is 0 Å². The standard InChI is InChI=1S/C16H22ClNO2/c1-12(16(19)20-2)9-14-7-8-18(11-14)10-13-3-5-15(17)6-4-13/h3-6,12,14H,7-11H2,1-2H3. The van der Waals surface area contributed by atoms with Gasteiger partial charge in [0.25, 0.3) is 0 Å². The highest BCUT2D eigenvalue weighted by Crippen LogP contribution is 2.25. The molecular formula is C16H22ClNO2. The van der Waals surface area contributed by atoms with E-state index in [1.807, 2.05) is 19.1 Å². The summed E-state index contributed by atoms with van der Waals surface area (Å²) in [4.78, 5) is 13.9. The Labute approximate surface area is 125 Å². The molecule has 1 aliphatic rings. The van der Waals surface area contributed by atoms with E-state index >= 15 is 0 Å². The van der Waals surface area contributed by atoms with Crippen molar-refractivity contribution in [3.63, 3.8) is 0 Å². The van der Waals surface area contributed by atoms with Crippen molar-refractivity contribution in [2.45, 2.75) is 26.3 Å². The van der Waals surface area contributed by atoms with Gasteiger partial charge in [-0.05, 0) is 43.0 Å². The molecular weight excluding hydrogens is 274 g/mol. The van der Waals surface area contributed by atoms with Crippen LogP contribution in [-0.2, 0) is 16.1 Å². The van der Waals surface area contributed by atoms with Crippen LogP contribution >= 0.6 is 11.6 Å². The highest BCUT2D eigenvalue weighted by atomic mass is 35.5. The van der Waals surface area contributed by atoms with E-state index in [0.717, 1.165) is 37.5 Å². The fraction of sp³-hybridized carbons (Fsp3) is 0.562. The molecule has 0 N–H and O–H groups in total. The number of nitrogens with zero attached hydrogens (tertiary/aromatic N) is 1. The van der Waals surface area contributed by atoms with Gasteiger partial charge in [-0.25, -0.2) is 0 Å². The Bertz CT molecular complexity index is 446. The lowest BCUT2D eigenvalue weighted by molar-refractivity contribution is -0.145. The zero-order valence-corrected chi connectivity index (χ0v) is 12.9. The molecule has 0 aliphatic carbocycles. The molecule has 1 fully saturated rings. The number of likely N-dealkylation sites (tertiary alicyclic amines) is 1. The summed E-state index contributed by atoms with van der Waals surface area (Å²) in [6.45, 7) is 5.07. The molecule has 1 aromatic carbocycles. The first-order valence-electron chi connectivity index (χ1n) is 7.13. The van der Waals surface area contributed by atoms with E-state index in [1.54, 1.807) is 0 Å². The van der Waals surface area contributed by atoms with E-state index < -0.39 is 0 Å². The second kappa shape index (κ2) is 7.09. The number of ether oxygens (including phenoxy) is 1. The summed E-state index contributed by atoms with van der Waals surface area (Å²) in [5.74, 6) is 0.498. The lowest BCUT2D eigenvalue weighted by atomic mass is 9.95. The maximum Gasteiger partial charge on any atom is 0.308 e. The number of methoxy groups -OCH3 is 1. The third-order valence-electron chi connectivity index (χ3n) is 3.98. The number of hydrogen-bond acceptors (Lipinski definition) is 3. The van der Waals surface area contributed by atoms with Gasteiger partial charge in [0, 0.05) is 18.1 Å². The average Bonchev–Trinajstić information content (AvgIpc) is 2.87. The zero-order chi connectivity index (χ0) is 14.5. The molecule has 0 radical (unpaired) electrons. The molecule has 0 spiro atoms. The van der Waals surface area contributed by atoms with Crippen molar-refractivity contribution in [1.82, 2.24) is 4.90 Å². The third kappa shape index (κ3) is 4.22. The highest BCUT2D eigenvalue weighted by molar-refractivity contribution is 6.30. The van der Waals surface area contributed by atoms with E-state index in [0.29, 0.717) is 5.92 Å². The lowest BCUT2D eigenvalue weighted by Crippen LogP contribution is -2.22. The van der Waals surface area contributed by atoms with Gasteiger partial charge in [-0.1, -0.05) is 30.7 Å². The summed E-state index contributed by atoms with van der Waals surface area (Å²) in [6.07, 6.45) is 2.08. The lowest BCUT2D eigenvalue weighted by Gasteiger charge is -2.17. The van der Waals surface area contributed by atoms with Gasteiger partial charge in [-0.15, -0.1) is 0 Å². The SMILES string of the molecule is COC(=O)C(C)CC1CCN(Cc2ccc(Cl)cc2)C1. The Morgan fingerprint density at radius 1 is 1.45 bits per heavy atom. The predicted octanol–water partition coefficient (Wildman–Crippen LogP) is 3.36. The molecule has 2 rings (SSSR count). The number of halogens is 1. The molecule has 2 unspecified atom stereocenters. The van der Waals surface area contributed by atoms with Crippen LogP contribution in [0.3, 0.4) is 0 Å². The molecule has 1 saturated heterocycles. The smallest absolute Gasteiger partial charge is 0.308 e. The molecule has 1 aromatic rings. The number of carbonyl (C=O) groups excluding carboxylic acids is 1. The fourth-order valence-corrected chi connectivity index (χ4v) is 3.02. The number of carbonyl (C=O) groups is 1. The van der Waals surface area contributed by atoms with Crippen molar-refractivity contribution in [1.29, 1.82) is 0 Å². The first-order valence-corrected chi connectivity index (χ1v) is 7.51. The normalized spacial score (nSPS) is 20.9. The van der Waals surface area contributed by atoms with E-state index in [9.17, 15) is 4.79 Å². The minimum Gasteiger partial charge on any atom is -0.469 e. The van der Waals surface area contributed by atoms with Crippen molar-refractivity contribution in [2.75, 3.05) is 20.2 Å². The molecule has 0 bridgehead atoms. The Hall–Kier alpha value is -1.06. The van der Waals surface area contributed by atoms with Gasteiger partial charge in [0.05, 0.1) is 13.0 Å². The summed E-state index contributed by atoms with van der Waals surface area (Å²) in [6, 6.07) is 8.02. The fourth-order valence-electron chi connectivity index (χ4n) is 2.89. The average molecular weight is 296 g/mol. The summed E-state index contributed by atoms with van der Waals surface area (Å²) in [5, 5.41) is 0.778. The van der Waals surface area contributed by atoms with Crippen molar-refractivity contribution in [3.8, 4) is 0 Å². The van der Waals surface area contributed by atoms with E-state index in [2.05, 4.69) is 17.0 Å². The Morgan fingerprint density at radius 2 is 2.15 bits per heavy atom. The number of benzene rings is 1. The molecule has 4 heteroatoms. The largest absolute Gasteiger partial charge is 0.469 e. The Morgan fingerprint density at radius 3 is 2.80 bits per heavy atom. The molecule has 20 heavy (non-hydrogen) atoms. The van der Waals surface area contributed by atoms with Crippen molar-refractivity contribution < 1.29 is 9.53 Å². The third-order valence-corrected chi connectivity index (χ3v) is 4.23. The molecule has 0 aromatic heterocycles. The first kappa shape index (κ1) is 15.3. The summed E-state index contributed by atoms with van der Waals surface area (Å²) >= 11 is 5.89. The summed E-state index contributed by atoms with van der Waals surface area (Å²) < 4.78 is 4.79. The maximum absolute atomic E-state index is 11.5. The molecule has 0 saturated carbocycles. The molecule has 1 aliphatic heterocycles. The second-order valence-electron chi connectivity index (χ2n) is 5.68. The molecule has 1 heterocycles. The Balaban J connectivity index is 1.80. The van der Waals surface area contributed by atoms with Crippen LogP contribution in [0.25, 0.3) is 0 Å². The predicted molar refractivity (Wildman–Crippen MR) is 80.6 cm³/mol. The molecule has 3 nitrogen and oxygen atoms in total. The summed E-state index contributed by atoms with van der Waals surface area (Å²) in [7, 11) is 1.46. The van der Waals surface area contributed by atoms with Crippen LogP contribution in [0.2, 0.25) is 5.02 Å². The van der Waals surface area contributed by atoms with Crippen LogP contribution in [-0.4, -0.2) is 31.1 Å². The number of hydrogen-bond donors (Lipinski definition) is 0. The number of rotatable bonds is 5. The van der Waals surface area contributed by atoms with Crippen LogP contribution in [0, 0.1) is 11.8 Å². The van der Waals surface area contributed by atoms with Gasteiger partial charge in [-0.3, -0.25) is 9.69 Å². The van der Waals surface area contributed by atoms with Gasteiger partial charge in [0.2, 0.25) is 0 Å².